The van der Waals surface area contributed by atoms with Gasteiger partial charge in [0.1, 0.15) is 5.65 Å². The minimum atomic E-state index is -3.37. The maximum atomic E-state index is 13.2. The summed E-state index contributed by atoms with van der Waals surface area (Å²) < 4.78 is 33.6. The van der Waals surface area contributed by atoms with Crippen molar-refractivity contribution in [3.63, 3.8) is 0 Å². The SMILES string of the molecule is O=C(NCc1ccc(S(=O)(=O)C2CCN(C3CCOCC3)CC2)cc1)c1ccc2nccn2c1. The van der Waals surface area contributed by atoms with Gasteiger partial charge < -0.3 is 19.4 Å². The molecule has 0 atom stereocenters. The number of carbonyl (C=O) groups is 1. The van der Waals surface area contributed by atoms with Gasteiger partial charge in [-0.1, -0.05) is 12.1 Å². The van der Waals surface area contributed by atoms with Gasteiger partial charge in [-0.2, -0.15) is 0 Å². The molecule has 1 amide bonds. The molecule has 0 aliphatic carbocycles. The summed E-state index contributed by atoms with van der Waals surface area (Å²) in [7, 11) is -3.37. The second-order valence-electron chi connectivity index (χ2n) is 9.06. The van der Waals surface area contributed by atoms with Gasteiger partial charge in [0, 0.05) is 44.4 Å². The lowest BCUT2D eigenvalue weighted by molar-refractivity contribution is 0.0277. The summed E-state index contributed by atoms with van der Waals surface area (Å²) in [4.78, 5) is 19.5. The van der Waals surface area contributed by atoms with E-state index >= 15 is 0 Å². The Hall–Kier alpha value is -2.75. The number of carbonyl (C=O) groups excluding carboxylic acids is 1. The molecular weight excluding hydrogens is 452 g/mol. The van der Waals surface area contributed by atoms with Gasteiger partial charge in [-0.25, -0.2) is 13.4 Å². The van der Waals surface area contributed by atoms with E-state index in [1.807, 2.05) is 0 Å². The average Bonchev–Trinajstić information content (AvgIpc) is 3.36. The van der Waals surface area contributed by atoms with Gasteiger partial charge in [0.25, 0.3) is 5.91 Å². The van der Waals surface area contributed by atoms with Crippen LogP contribution in [0, 0.1) is 0 Å². The standard InChI is InChI=1S/C25H30N4O4S/c30-25(20-3-6-24-26-11-14-29(24)18-20)27-17-19-1-4-22(5-2-19)34(31,32)23-7-12-28(13-8-23)21-9-15-33-16-10-21/h1-6,11,14,18,21,23H,7-10,12-13,15-17H2,(H,27,30). The Balaban J connectivity index is 1.16. The van der Waals surface area contributed by atoms with Crippen LogP contribution in [-0.4, -0.2) is 66.2 Å². The topological polar surface area (TPSA) is 93.0 Å². The molecule has 0 saturated carbocycles. The number of nitrogens with zero attached hydrogens (tertiary/aromatic N) is 3. The van der Waals surface area contributed by atoms with Crippen LogP contribution < -0.4 is 5.32 Å². The Morgan fingerprint density at radius 2 is 1.76 bits per heavy atom. The Morgan fingerprint density at radius 1 is 1.03 bits per heavy atom. The third-order valence-electron chi connectivity index (χ3n) is 6.98. The second kappa shape index (κ2) is 9.85. The van der Waals surface area contributed by atoms with Crippen LogP contribution in [0.15, 0.2) is 59.9 Å². The number of fused-ring (bicyclic) bond motifs is 1. The van der Waals surface area contributed by atoms with Crippen LogP contribution in [0.25, 0.3) is 5.65 Å². The van der Waals surface area contributed by atoms with E-state index < -0.39 is 9.84 Å². The number of nitrogens with one attached hydrogen (secondary N) is 1. The van der Waals surface area contributed by atoms with Crippen molar-refractivity contribution >= 4 is 21.4 Å². The molecule has 0 unspecified atom stereocenters. The Labute approximate surface area is 199 Å². The number of piperidine rings is 1. The largest absolute Gasteiger partial charge is 0.381 e. The first-order valence-electron chi connectivity index (χ1n) is 11.9. The zero-order chi connectivity index (χ0) is 23.5. The number of hydrogen-bond acceptors (Lipinski definition) is 6. The highest BCUT2D eigenvalue weighted by molar-refractivity contribution is 7.92. The number of rotatable bonds is 6. The van der Waals surface area contributed by atoms with Gasteiger partial charge in [-0.3, -0.25) is 4.79 Å². The molecule has 2 aliphatic heterocycles. The summed E-state index contributed by atoms with van der Waals surface area (Å²) in [6.07, 6.45) is 8.61. The van der Waals surface area contributed by atoms with E-state index in [4.69, 9.17) is 4.74 Å². The molecule has 180 valence electrons. The van der Waals surface area contributed by atoms with Crippen LogP contribution in [0.4, 0.5) is 0 Å². The molecule has 9 heteroatoms. The quantitative estimate of drug-likeness (QED) is 0.581. The van der Waals surface area contributed by atoms with Crippen molar-refractivity contribution in [2.45, 2.75) is 48.4 Å². The van der Waals surface area contributed by atoms with E-state index in [1.165, 1.54) is 0 Å². The van der Waals surface area contributed by atoms with Crippen molar-refractivity contribution in [2.75, 3.05) is 26.3 Å². The van der Waals surface area contributed by atoms with E-state index in [2.05, 4.69) is 15.2 Å². The Kier molecular flexibility index (Phi) is 6.67. The van der Waals surface area contributed by atoms with E-state index in [0.29, 0.717) is 35.9 Å². The molecule has 34 heavy (non-hydrogen) atoms. The molecule has 0 spiro atoms. The summed E-state index contributed by atoms with van der Waals surface area (Å²) in [5, 5.41) is 2.55. The fourth-order valence-electron chi connectivity index (χ4n) is 4.93. The molecule has 2 aliphatic rings. The van der Waals surface area contributed by atoms with Gasteiger partial charge in [0.15, 0.2) is 9.84 Å². The van der Waals surface area contributed by atoms with Crippen molar-refractivity contribution in [1.82, 2.24) is 19.6 Å². The number of ether oxygens (including phenoxy) is 1. The van der Waals surface area contributed by atoms with Crippen LogP contribution in [0.1, 0.15) is 41.6 Å². The Bertz CT molecular complexity index is 1240. The number of pyridine rings is 1. The minimum absolute atomic E-state index is 0.191. The number of benzene rings is 1. The Morgan fingerprint density at radius 3 is 2.50 bits per heavy atom. The predicted molar refractivity (Wildman–Crippen MR) is 128 cm³/mol. The van der Waals surface area contributed by atoms with Crippen LogP contribution in [0.3, 0.4) is 0 Å². The minimum Gasteiger partial charge on any atom is -0.381 e. The first-order valence-corrected chi connectivity index (χ1v) is 13.4. The lowest BCUT2D eigenvalue weighted by Gasteiger charge is -2.39. The van der Waals surface area contributed by atoms with E-state index in [9.17, 15) is 13.2 Å². The van der Waals surface area contributed by atoms with Crippen LogP contribution in [0.5, 0.6) is 0 Å². The maximum absolute atomic E-state index is 13.2. The van der Waals surface area contributed by atoms with E-state index in [1.54, 1.807) is 59.4 Å². The summed E-state index contributed by atoms with van der Waals surface area (Å²) in [5.74, 6) is -0.191. The van der Waals surface area contributed by atoms with Gasteiger partial charge in [0.05, 0.1) is 15.7 Å². The van der Waals surface area contributed by atoms with Crippen LogP contribution in [0.2, 0.25) is 0 Å². The number of aromatic nitrogens is 2. The fourth-order valence-corrected chi connectivity index (χ4v) is 6.66. The molecule has 0 bridgehead atoms. The summed E-state index contributed by atoms with van der Waals surface area (Å²) in [6.45, 7) is 3.57. The van der Waals surface area contributed by atoms with E-state index in [-0.39, 0.29) is 11.2 Å². The number of amides is 1. The summed E-state index contributed by atoms with van der Waals surface area (Å²) >= 11 is 0. The summed E-state index contributed by atoms with van der Waals surface area (Å²) in [5.41, 5.74) is 2.17. The molecule has 2 aromatic heterocycles. The van der Waals surface area contributed by atoms with Gasteiger partial charge in [-0.05, 0) is 68.6 Å². The zero-order valence-corrected chi connectivity index (χ0v) is 19.9. The highest BCUT2D eigenvalue weighted by Crippen LogP contribution is 2.27. The molecule has 0 radical (unpaired) electrons. The normalized spacial score (nSPS) is 18.8. The van der Waals surface area contributed by atoms with Crippen LogP contribution in [-0.2, 0) is 21.1 Å². The predicted octanol–water partition coefficient (Wildman–Crippen LogP) is 2.68. The number of imidazole rings is 1. The molecule has 2 saturated heterocycles. The molecule has 8 nitrogen and oxygen atoms in total. The monoisotopic (exact) mass is 482 g/mol. The molecular formula is C25H30N4O4S. The number of hydrogen-bond donors (Lipinski definition) is 1. The van der Waals surface area contributed by atoms with Crippen molar-refractivity contribution < 1.29 is 17.9 Å². The van der Waals surface area contributed by atoms with Crippen molar-refractivity contribution in [3.8, 4) is 0 Å². The third-order valence-corrected chi connectivity index (χ3v) is 9.26. The van der Waals surface area contributed by atoms with Crippen molar-refractivity contribution in [3.05, 3.63) is 66.1 Å². The van der Waals surface area contributed by atoms with E-state index in [0.717, 1.165) is 50.4 Å². The van der Waals surface area contributed by atoms with Gasteiger partial charge in [0.2, 0.25) is 0 Å². The highest BCUT2D eigenvalue weighted by Gasteiger charge is 2.33. The second-order valence-corrected chi connectivity index (χ2v) is 11.3. The van der Waals surface area contributed by atoms with Gasteiger partial charge in [-0.15, -0.1) is 0 Å². The first-order chi connectivity index (χ1) is 16.5. The average molecular weight is 483 g/mol. The maximum Gasteiger partial charge on any atom is 0.253 e. The lowest BCUT2D eigenvalue weighted by atomic mass is 10.0. The third kappa shape index (κ3) is 4.87. The fraction of sp³-hybridized carbons (Fsp3) is 0.440. The highest BCUT2D eigenvalue weighted by atomic mass is 32.2. The molecule has 5 rings (SSSR count). The lowest BCUT2D eigenvalue weighted by Crippen LogP contribution is -2.46. The molecule has 3 aromatic rings. The smallest absolute Gasteiger partial charge is 0.253 e. The molecule has 4 heterocycles. The summed E-state index contributed by atoms with van der Waals surface area (Å²) in [6, 6.07) is 10.9. The van der Waals surface area contributed by atoms with Crippen LogP contribution >= 0.6 is 0 Å². The van der Waals surface area contributed by atoms with Crippen molar-refractivity contribution in [2.24, 2.45) is 0 Å². The number of likely N-dealkylation sites (tertiary alicyclic amines) is 1. The molecule has 1 N–H and O–H groups in total. The molecule has 2 fully saturated rings. The molecule has 1 aromatic carbocycles. The van der Waals surface area contributed by atoms with Gasteiger partial charge >= 0.3 is 0 Å². The number of sulfone groups is 1. The first kappa shape index (κ1) is 23.0. The zero-order valence-electron chi connectivity index (χ0n) is 19.1. The van der Waals surface area contributed by atoms with Crippen molar-refractivity contribution in [1.29, 1.82) is 0 Å².